The van der Waals surface area contributed by atoms with Gasteiger partial charge in [0.1, 0.15) is 12.3 Å². The second kappa shape index (κ2) is 10.4. The van der Waals surface area contributed by atoms with Crippen molar-refractivity contribution in [2.45, 2.75) is 25.2 Å². The first-order valence-electron chi connectivity index (χ1n) is 7.89. The van der Waals surface area contributed by atoms with Crippen molar-refractivity contribution in [3.8, 4) is 0 Å². The molecule has 0 rings (SSSR count). The number of rotatable bonds is 13. The number of carbonyl (C=O) groups is 3. The predicted molar refractivity (Wildman–Crippen MR) is 97.3 cm³/mol. The fourth-order valence-electron chi connectivity index (χ4n) is 2.52. The van der Waals surface area contributed by atoms with Crippen LogP contribution in [-0.4, -0.2) is 80.3 Å². The highest BCUT2D eigenvalue weighted by Gasteiger charge is 2.53. The summed E-state index contributed by atoms with van der Waals surface area (Å²) in [6.45, 7) is 1.19. The number of hydrogen-bond donors (Lipinski definition) is 9. The second-order valence-electron chi connectivity index (χ2n) is 6.68. The Labute approximate surface area is 165 Å². The van der Waals surface area contributed by atoms with Crippen LogP contribution in [0.2, 0.25) is 0 Å². The highest BCUT2D eigenvalue weighted by molar-refractivity contribution is 7.74. The lowest BCUT2D eigenvalue weighted by Gasteiger charge is -2.24. The Kier molecular flexibility index (Phi) is 10.1. The maximum atomic E-state index is 11.4. The van der Waals surface area contributed by atoms with Crippen molar-refractivity contribution < 1.29 is 68.2 Å². The van der Waals surface area contributed by atoms with Gasteiger partial charge in [-0.1, -0.05) is 6.92 Å². The molecule has 0 aliphatic rings. The standard InChI is InChI=1S/C12H23O14P3/c1-6(10(13)14)2-7(11(15)16)3-8(12(17)18)4-27(19,20)5-9(28(21,22)23)29(24,25)26/h6-9,19-20H,2-5H2,1H3,(H6-,13,14,15,16,17,18,21,22,23,24,25,26)/p+1. The molecule has 0 saturated carbocycles. The van der Waals surface area contributed by atoms with Crippen LogP contribution < -0.4 is 0 Å². The summed E-state index contributed by atoms with van der Waals surface area (Å²) in [4.78, 5) is 89.9. The zero-order valence-electron chi connectivity index (χ0n) is 15.0. The summed E-state index contributed by atoms with van der Waals surface area (Å²) in [5, 5.41) is 24.5. The van der Waals surface area contributed by atoms with Crippen molar-refractivity contribution in [2.75, 3.05) is 12.3 Å². The molecule has 3 atom stereocenters. The van der Waals surface area contributed by atoms with Crippen molar-refractivity contribution in [1.29, 1.82) is 0 Å². The Morgan fingerprint density at radius 3 is 1.48 bits per heavy atom. The summed E-state index contributed by atoms with van der Waals surface area (Å²) in [5.41, 5.74) is 0. The van der Waals surface area contributed by atoms with Gasteiger partial charge in [-0.15, -0.1) is 0 Å². The highest BCUT2D eigenvalue weighted by atomic mass is 31.2. The average molecular weight is 485 g/mol. The number of aliphatic carboxylic acids is 3. The monoisotopic (exact) mass is 485 g/mol. The van der Waals surface area contributed by atoms with Gasteiger partial charge in [0.2, 0.25) is 5.40 Å². The molecule has 9 N–H and O–H groups in total. The molecule has 0 saturated heterocycles. The fourth-order valence-corrected chi connectivity index (χ4v) is 9.04. The van der Waals surface area contributed by atoms with E-state index in [9.17, 15) is 43.5 Å². The zero-order chi connectivity index (χ0) is 23.4. The SMILES string of the molecule is CC(CC(CC(C[P+](O)(O)CC(P(=O)(O)O)P(=O)(O)O)C(=O)O)C(=O)O)C(=O)O. The van der Waals surface area contributed by atoms with Crippen LogP contribution in [0.5, 0.6) is 0 Å². The van der Waals surface area contributed by atoms with Gasteiger partial charge in [0, 0.05) is 0 Å². The molecule has 0 aromatic heterocycles. The molecule has 0 aliphatic carbocycles. The normalized spacial score (nSPS) is 16.3. The molecule has 0 bridgehead atoms. The molecule has 3 unspecified atom stereocenters. The van der Waals surface area contributed by atoms with E-state index in [0.717, 1.165) is 0 Å². The Bertz CT molecular complexity index is 687. The Morgan fingerprint density at radius 2 is 1.17 bits per heavy atom. The Morgan fingerprint density at radius 1 is 0.759 bits per heavy atom. The van der Waals surface area contributed by atoms with E-state index in [1.54, 1.807) is 0 Å². The lowest BCUT2D eigenvalue weighted by Crippen LogP contribution is -2.30. The smallest absolute Gasteiger partial charge is 0.344 e. The van der Waals surface area contributed by atoms with Gasteiger partial charge in [0.05, 0.1) is 17.8 Å². The third kappa shape index (κ3) is 10.1. The Balaban J connectivity index is 5.56. The largest absolute Gasteiger partial charge is 0.481 e. The lowest BCUT2D eigenvalue weighted by atomic mass is 9.88. The highest BCUT2D eigenvalue weighted by Crippen LogP contribution is 2.67. The Hall–Kier alpha value is -0.940. The predicted octanol–water partition coefficient (Wildman–Crippen LogP) is -0.597. The fraction of sp³-hybridized carbons (Fsp3) is 0.750. The van der Waals surface area contributed by atoms with Crippen molar-refractivity contribution in [2.24, 2.45) is 17.8 Å². The van der Waals surface area contributed by atoms with Crippen LogP contribution in [0.4, 0.5) is 0 Å². The molecule has 170 valence electrons. The second-order valence-corrected chi connectivity index (χ2v) is 13.2. The van der Waals surface area contributed by atoms with Crippen LogP contribution in [0.25, 0.3) is 0 Å². The minimum absolute atomic E-state index is 0.468. The van der Waals surface area contributed by atoms with Gasteiger partial charge in [-0.2, -0.15) is 0 Å². The molecular formula is C12H24O14P3+. The van der Waals surface area contributed by atoms with Gasteiger partial charge >= 0.3 is 33.1 Å². The third-order valence-corrected chi connectivity index (χ3v) is 10.3. The maximum Gasteiger partial charge on any atom is 0.344 e. The van der Waals surface area contributed by atoms with Gasteiger partial charge in [-0.25, -0.2) is 9.79 Å². The van der Waals surface area contributed by atoms with Crippen LogP contribution >= 0.6 is 22.9 Å². The van der Waals surface area contributed by atoms with E-state index in [2.05, 4.69) is 0 Å². The van der Waals surface area contributed by atoms with Crippen molar-refractivity contribution in [3.63, 3.8) is 0 Å². The summed E-state index contributed by atoms with van der Waals surface area (Å²) in [6.07, 6.45) is -3.79. The lowest BCUT2D eigenvalue weighted by molar-refractivity contribution is -0.147. The molecule has 0 aromatic rings. The molecule has 0 aliphatic heterocycles. The first kappa shape index (κ1) is 28.1. The van der Waals surface area contributed by atoms with Crippen LogP contribution in [0.3, 0.4) is 0 Å². The van der Waals surface area contributed by atoms with E-state index in [1.165, 1.54) is 6.92 Å². The molecule has 0 spiro atoms. The minimum atomic E-state index is -5.50. The van der Waals surface area contributed by atoms with Crippen molar-refractivity contribution >= 4 is 40.8 Å². The summed E-state index contributed by atoms with van der Waals surface area (Å²) in [7, 11) is -15.6. The van der Waals surface area contributed by atoms with Crippen molar-refractivity contribution in [1.82, 2.24) is 0 Å². The van der Waals surface area contributed by atoms with E-state index in [1.807, 2.05) is 0 Å². The van der Waals surface area contributed by atoms with Gasteiger partial charge < -0.3 is 34.9 Å². The van der Waals surface area contributed by atoms with Gasteiger partial charge in [0.15, 0.2) is 0 Å². The average Bonchev–Trinajstić information content (AvgIpc) is 2.48. The molecule has 0 heterocycles. The van der Waals surface area contributed by atoms with Crippen LogP contribution in [0.1, 0.15) is 19.8 Å². The van der Waals surface area contributed by atoms with Gasteiger partial charge in [-0.05, 0) is 12.8 Å². The molecular weight excluding hydrogens is 461 g/mol. The molecule has 14 nitrogen and oxygen atoms in total. The molecule has 29 heavy (non-hydrogen) atoms. The number of carboxylic acids is 3. The zero-order valence-corrected chi connectivity index (χ0v) is 17.7. The summed E-state index contributed by atoms with van der Waals surface area (Å²) >= 11 is 0. The topological polar surface area (TPSA) is 267 Å². The quantitative estimate of drug-likeness (QED) is 0.148. The van der Waals surface area contributed by atoms with Crippen LogP contribution in [0.15, 0.2) is 0 Å². The van der Waals surface area contributed by atoms with E-state index in [0.29, 0.717) is 0 Å². The van der Waals surface area contributed by atoms with E-state index < -0.39 is 89.1 Å². The van der Waals surface area contributed by atoms with Crippen molar-refractivity contribution in [3.05, 3.63) is 0 Å². The van der Waals surface area contributed by atoms with Crippen LogP contribution in [-0.2, 0) is 23.5 Å². The van der Waals surface area contributed by atoms with E-state index in [-0.39, 0.29) is 0 Å². The number of hydrogen-bond acceptors (Lipinski definition) is 7. The first-order valence-corrected chi connectivity index (χ1v) is 13.3. The molecule has 0 radical (unpaired) electrons. The van der Waals surface area contributed by atoms with E-state index in [4.69, 9.17) is 24.7 Å². The molecule has 17 heteroatoms. The number of carboxylic acid groups (broad SMARTS) is 3. The van der Waals surface area contributed by atoms with Gasteiger partial charge in [0.25, 0.3) is 7.72 Å². The summed E-state index contributed by atoms with van der Waals surface area (Å²) < 4.78 is 22.6. The van der Waals surface area contributed by atoms with Gasteiger partial charge in [-0.3, -0.25) is 23.5 Å². The third-order valence-electron chi connectivity index (χ3n) is 4.07. The van der Waals surface area contributed by atoms with E-state index >= 15 is 0 Å². The van der Waals surface area contributed by atoms with Crippen LogP contribution in [0, 0.1) is 17.8 Å². The summed E-state index contributed by atoms with van der Waals surface area (Å²) in [5.74, 6) is -9.00. The first-order chi connectivity index (χ1) is 12.8. The summed E-state index contributed by atoms with van der Waals surface area (Å²) in [6, 6.07) is 0. The maximum absolute atomic E-state index is 11.4. The molecule has 0 amide bonds. The molecule has 0 aromatic carbocycles. The molecule has 0 fully saturated rings. The minimum Gasteiger partial charge on any atom is -0.481 e.